The highest BCUT2D eigenvalue weighted by atomic mass is 16.7. The predicted molar refractivity (Wildman–Crippen MR) is 130 cm³/mol. The molecular formula is C27H29NO10. The van der Waals surface area contributed by atoms with E-state index in [0.717, 1.165) is 0 Å². The molecule has 38 heavy (non-hydrogen) atoms. The van der Waals surface area contributed by atoms with Gasteiger partial charge in [0.05, 0.1) is 42.1 Å². The van der Waals surface area contributed by atoms with Crippen molar-refractivity contribution in [2.24, 2.45) is 5.73 Å². The standard InChI is InChI=1S/C27H29NO10/c1-10-22(30)14(28)7-17(37-10)38-16-9-27(35,11(2)29)8-13-19(16)26(34)21-20(24(13)32)23(31)12-5-4-6-15(36-3)18(12)25(21)33/h4-6,10,14,16-17,22,30,32,34-35H,7-9,28H2,1-3H3/t10-,14-,16+,17+,22-,27-/m1/s1. The fourth-order valence-corrected chi connectivity index (χ4v) is 5.66. The second-order valence-electron chi connectivity index (χ2n) is 10.1. The second-order valence-corrected chi connectivity index (χ2v) is 10.1. The minimum absolute atomic E-state index is 0.0147. The highest BCUT2D eigenvalue weighted by molar-refractivity contribution is 6.31. The van der Waals surface area contributed by atoms with Gasteiger partial charge < -0.3 is 40.4 Å². The summed E-state index contributed by atoms with van der Waals surface area (Å²) in [5.41, 5.74) is 2.97. The van der Waals surface area contributed by atoms with Crippen molar-refractivity contribution in [3.8, 4) is 17.2 Å². The van der Waals surface area contributed by atoms with Crippen molar-refractivity contribution in [1.82, 2.24) is 0 Å². The van der Waals surface area contributed by atoms with Gasteiger partial charge in [-0.1, -0.05) is 12.1 Å². The summed E-state index contributed by atoms with van der Waals surface area (Å²) in [6, 6.07) is 3.75. The van der Waals surface area contributed by atoms with E-state index in [0.29, 0.717) is 0 Å². The van der Waals surface area contributed by atoms with Crippen LogP contribution in [0.2, 0.25) is 0 Å². The number of benzene rings is 2. The summed E-state index contributed by atoms with van der Waals surface area (Å²) in [6.45, 7) is 2.79. The Hall–Kier alpha value is -3.35. The van der Waals surface area contributed by atoms with Crippen LogP contribution in [-0.4, -0.2) is 75.0 Å². The van der Waals surface area contributed by atoms with E-state index in [9.17, 15) is 34.8 Å². The fraction of sp³-hybridized carbons (Fsp3) is 0.444. The lowest BCUT2D eigenvalue weighted by Gasteiger charge is -2.42. The number of phenolic OH excluding ortho intramolecular Hbond substituents is 2. The molecule has 0 saturated carbocycles. The number of phenols is 2. The van der Waals surface area contributed by atoms with Gasteiger partial charge in [0.15, 0.2) is 17.9 Å². The van der Waals surface area contributed by atoms with Crippen LogP contribution in [0.25, 0.3) is 0 Å². The second kappa shape index (κ2) is 9.14. The first kappa shape index (κ1) is 26.3. The summed E-state index contributed by atoms with van der Waals surface area (Å²) < 4.78 is 17.1. The average Bonchev–Trinajstić information content (AvgIpc) is 2.87. The van der Waals surface area contributed by atoms with Crippen LogP contribution in [0.1, 0.15) is 75.8 Å². The summed E-state index contributed by atoms with van der Waals surface area (Å²) in [5.74, 6) is -3.18. The van der Waals surface area contributed by atoms with Gasteiger partial charge >= 0.3 is 0 Å². The maximum atomic E-state index is 13.6. The zero-order valence-corrected chi connectivity index (χ0v) is 21.1. The molecular weight excluding hydrogens is 498 g/mol. The normalized spacial score (nSPS) is 30.3. The maximum Gasteiger partial charge on any atom is 0.202 e. The van der Waals surface area contributed by atoms with Crippen molar-refractivity contribution in [1.29, 1.82) is 0 Å². The molecule has 0 bridgehead atoms. The summed E-state index contributed by atoms with van der Waals surface area (Å²) >= 11 is 0. The largest absolute Gasteiger partial charge is 0.507 e. The van der Waals surface area contributed by atoms with Crippen LogP contribution in [0.5, 0.6) is 17.2 Å². The third kappa shape index (κ3) is 3.81. The smallest absolute Gasteiger partial charge is 0.202 e. The number of aromatic hydroxyl groups is 2. The Bertz CT molecular complexity index is 1360. The monoisotopic (exact) mass is 527 g/mol. The molecule has 6 atom stereocenters. The zero-order valence-electron chi connectivity index (χ0n) is 21.1. The zero-order chi connectivity index (χ0) is 27.7. The molecule has 1 saturated heterocycles. The van der Waals surface area contributed by atoms with Crippen LogP contribution in [-0.2, 0) is 20.7 Å². The van der Waals surface area contributed by atoms with Crippen LogP contribution in [0.4, 0.5) is 0 Å². The number of methoxy groups -OCH3 is 1. The maximum absolute atomic E-state index is 13.6. The highest BCUT2D eigenvalue weighted by Gasteiger charge is 2.49. The number of nitrogens with two attached hydrogens (primary N) is 1. The molecule has 6 N–H and O–H groups in total. The molecule has 0 amide bonds. The highest BCUT2D eigenvalue weighted by Crippen LogP contribution is 2.52. The third-order valence-corrected chi connectivity index (χ3v) is 7.80. The van der Waals surface area contributed by atoms with Gasteiger partial charge in [-0.25, -0.2) is 0 Å². The Morgan fingerprint density at radius 3 is 2.45 bits per heavy atom. The first-order valence-corrected chi connectivity index (χ1v) is 12.2. The number of fused-ring (bicyclic) bond motifs is 3. The SMILES string of the molecule is COc1cccc2c1C(=O)c1c(O)c3c(c(O)c1C2=O)C[C@](O)(C(C)=O)C[C@@H]3O[C@H]1C[C@@H](N)[C@H](O)[C@@H](C)O1. The van der Waals surface area contributed by atoms with Gasteiger partial charge in [-0.2, -0.15) is 0 Å². The summed E-state index contributed by atoms with van der Waals surface area (Å²) in [5, 5.41) is 44.1. The summed E-state index contributed by atoms with van der Waals surface area (Å²) in [7, 11) is 1.34. The van der Waals surface area contributed by atoms with E-state index in [2.05, 4.69) is 0 Å². The number of carbonyl (C=O) groups excluding carboxylic acids is 3. The molecule has 2 aromatic carbocycles. The van der Waals surface area contributed by atoms with Crippen LogP contribution < -0.4 is 10.5 Å². The third-order valence-electron chi connectivity index (χ3n) is 7.80. The fourth-order valence-electron chi connectivity index (χ4n) is 5.66. The lowest BCUT2D eigenvalue weighted by atomic mass is 9.72. The molecule has 1 aliphatic heterocycles. The van der Waals surface area contributed by atoms with Crippen molar-refractivity contribution >= 4 is 17.3 Å². The Morgan fingerprint density at radius 1 is 1.13 bits per heavy atom. The van der Waals surface area contributed by atoms with Crippen LogP contribution in [0.15, 0.2) is 18.2 Å². The summed E-state index contributed by atoms with van der Waals surface area (Å²) in [4.78, 5) is 39.6. The molecule has 3 aliphatic rings. The van der Waals surface area contributed by atoms with Crippen molar-refractivity contribution in [2.45, 2.75) is 69.4 Å². The molecule has 5 rings (SSSR count). The lowest BCUT2D eigenvalue weighted by molar-refractivity contribution is -0.247. The van der Waals surface area contributed by atoms with Gasteiger partial charge in [-0.3, -0.25) is 14.4 Å². The Labute approximate surface area is 217 Å². The molecule has 0 spiro atoms. The Balaban J connectivity index is 1.68. The van der Waals surface area contributed by atoms with Crippen molar-refractivity contribution in [3.63, 3.8) is 0 Å². The number of carbonyl (C=O) groups is 3. The first-order chi connectivity index (χ1) is 17.9. The molecule has 2 aromatic rings. The van der Waals surface area contributed by atoms with Gasteiger partial charge in [0.25, 0.3) is 0 Å². The van der Waals surface area contributed by atoms with E-state index in [-0.39, 0.29) is 40.8 Å². The van der Waals surface area contributed by atoms with Crippen molar-refractivity contribution < 1.29 is 49.0 Å². The molecule has 202 valence electrons. The lowest BCUT2D eigenvalue weighted by Crippen LogP contribution is -2.52. The molecule has 1 heterocycles. The predicted octanol–water partition coefficient (Wildman–Crippen LogP) is 1.03. The minimum Gasteiger partial charge on any atom is -0.507 e. The average molecular weight is 528 g/mol. The van der Waals surface area contributed by atoms with Crippen LogP contribution in [0, 0.1) is 0 Å². The number of Topliss-reactive ketones (excluding diaryl/α,β-unsaturated/α-hetero) is 1. The number of rotatable bonds is 4. The van der Waals surface area contributed by atoms with Crippen LogP contribution in [0.3, 0.4) is 0 Å². The van der Waals surface area contributed by atoms with Gasteiger partial charge in [-0.15, -0.1) is 0 Å². The summed E-state index contributed by atoms with van der Waals surface area (Å²) in [6.07, 6.45) is -4.53. The molecule has 0 aromatic heterocycles. The first-order valence-electron chi connectivity index (χ1n) is 12.2. The van der Waals surface area contributed by atoms with E-state index in [1.54, 1.807) is 6.92 Å². The Kier molecular flexibility index (Phi) is 6.32. The topological polar surface area (TPSA) is 186 Å². The van der Waals surface area contributed by atoms with E-state index in [1.165, 1.54) is 32.2 Å². The number of hydrogen-bond donors (Lipinski definition) is 5. The van der Waals surface area contributed by atoms with Crippen LogP contribution >= 0.6 is 0 Å². The molecule has 11 heteroatoms. The molecule has 0 radical (unpaired) electrons. The van der Waals surface area contributed by atoms with E-state index in [4.69, 9.17) is 19.9 Å². The number of ether oxygens (including phenoxy) is 3. The van der Waals surface area contributed by atoms with Gasteiger partial charge in [0, 0.05) is 42.0 Å². The molecule has 1 fully saturated rings. The molecule has 2 aliphatic carbocycles. The van der Waals surface area contributed by atoms with E-state index in [1.807, 2.05) is 0 Å². The van der Waals surface area contributed by atoms with Gasteiger partial charge in [0.2, 0.25) is 5.78 Å². The Morgan fingerprint density at radius 2 is 1.82 bits per heavy atom. The number of aliphatic hydroxyl groups is 2. The van der Waals surface area contributed by atoms with E-state index < -0.39 is 82.6 Å². The van der Waals surface area contributed by atoms with E-state index >= 15 is 0 Å². The molecule has 0 unspecified atom stereocenters. The van der Waals surface area contributed by atoms with Gasteiger partial charge in [-0.05, 0) is 19.9 Å². The molecule has 11 nitrogen and oxygen atoms in total. The number of aliphatic hydroxyl groups excluding tert-OH is 1. The number of ketones is 3. The van der Waals surface area contributed by atoms with Gasteiger partial charge in [0.1, 0.15) is 22.8 Å². The minimum atomic E-state index is -2.00. The number of hydrogen-bond acceptors (Lipinski definition) is 11. The van der Waals surface area contributed by atoms with Crippen molar-refractivity contribution in [3.05, 3.63) is 51.6 Å². The van der Waals surface area contributed by atoms with Crippen molar-refractivity contribution in [2.75, 3.05) is 7.11 Å². The quantitative estimate of drug-likeness (QED) is 0.305.